The number of hydrogen-bond donors (Lipinski definition) is 1. The molecular weight excluding hydrogens is 420 g/mol. The number of anilines is 1. The number of rotatable bonds is 5. The highest BCUT2D eigenvalue weighted by atomic mass is 35.5. The van der Waals surface area contributed by atoms with Crippen LogP contribution in [-0.4, -0.2) is 23.2 Å². The van der Waals surface area contributed by atoms with E-state index in [9.17, 15) is 8.42 Å². The Morgan fingerprint density at radius 2 is 1.73 bits per heavy atom. The Morgan fingerprint density at radius 1 is 1.07 bits per heavy atom. The zero-order chi connectivity index (χ0) is 22.3. The molecule has 0 aliphatic rings. The highest BCUT2D eigenvalue weighted by molar-refractivity contribution is 7.92. The molecule has 0 saturated heterocycles. The van der Waals surface area contributed by atoms with Crippen LogP contribution in [0.15, 0.2) is 47.4 Å². The summed E-state index contributed by atoms with van der Waals surface area (Å²) in [6.45, 7) is 11.9. The number of sulfonamides is 1. The summed E-state index contributed by atoms with van der Waals surface area (Å²) in [6.07, 6.45) is 0. The lowest BCUT2D eigenvalue weighted by Crippen LogP contribution is -2.21. The molecule has 0 aliphatic heterocycles. The third-order valence-corrected chi connectivity index (χ3v) is 6.49. The van der Waals surface area contributed by atoms with Gasteiger partial charge in [-0.05, 0) is 56.0 Å². The number of aromatic nitrogens is 3. The van der Waals surface area contributed by atoms with Gasteiger partial charge in [0.1, 0.15) is 5.82 Å². The minimum Gasteiger partial charge on any atom is -0.309 e. The van der Waals surface area contributed by atoms with Gasteiger partial charge in [0.05, 0.1) is 10.6 Å². The topological polar surface area (TPSA) is 76.9 Å². The van der Waals surface area contributed by atoms with Crippen LogP contribution in [0.1, 0.15) is 52.0 Å². The molecule has 8 heteroatoms. The van der Waals surface area contributed by atoms with Crippen LogP contribution in [0, 0.1) is 6.92 Å². The fourth-order valence-corrected chi connectivity index (χ4v) is 5.15. The first-order chi connectivity index (χ1) is 13.9. The van der Waals surface area contributed by atoms with Crippen LogP contribution in [0.4, 0.5) is 5.69 Å². The predicted octanol–water partition coefficient (Wildman–Crippen LogP) is 5.59. The number of nitrogens with one attached hydrogen (secondary N) is 1. The van der Waals surface area contributed by atoms with Gasteiger partial charge in [0.2, 0.25) is 0 Å². The second-order valence-electron chi connectivity index (χ2n) is 8.58. The molecule has 3 aromatic rings. The van der Waals surface area contributed by atoms with Crippen molar-refractivity contribution in [3.05, 3.63) is 58.9 Å². The molecule has 0 saturated carbocycles. The maximum Gasteiger partial charge on any atom is 0.262 e. The van der Waals surface area contributed by atoms with E-state index >= 15 is 0 Å². The molecule has 0 spiro atoms. The minimum atomic E-state index is -3.87. The van der Waals surface area contributed by atoms with E-state index in [0.717, 1.165) is 11.4 Å². The summed E-state index contributed by atoms with van der Waals surface area (Å²) < 4.78 is 31.5. The predicted molar refractivity (Wildman–Crippen MR) is 122 cm³/mol. The number of nitrogens with zero attached hydrogens (tertiary/aromatic N) is 3. The first-order valence-electron chi connectivity index (χ1n) is 9.75. The van der Waals surface area contributed by atoms with E-state index in [4.69, 9.17) is 11.6 Å². The van der Waals surface area contributed by atoms with E-state index < -0.39 is 10.0 Å². The summed E-state index contributed by atoms with van der Waals surface area (Å²) in [5.41, 5.74) is 1.38. The maximum atomic E-state index is 13.4. The van der Waals surface area contributed by atoms with Crippen LogP contribution in [0.25, 0.3) is 11.4 Å². The first kappa shape index (κ1) is 22.3. The van der Waals surface area contributed by atoms with Crippen LogP contribution in [0.2, 0.25) is 5.02 Å². The van der Waals surface area contributed by atoms with Crippen molar-refractivity contribution >= 4 is 27.3 Å². The summed E-state index contributed by atoms with van der Waals surface area (Å²) in [7, 11) is -3.87. The van der Waals surface area contributed by atoms with E-state index in [1.165, 1.54) is 0 Å². The Bertz CT molecular complexity index is 1180. The second kappa shape index (κ2) is 8.04. The maximum absolute atomic E-state index is 13.4. The lowest BCUT2D eigenvalue weighted by Gasteiger charge is -2.23. The van der Waals surface area contributed by atoms with Gasteiger partial charge in [-0.15, -0.1) is 10.2 Å². The van der Waals surface area contributed by atoms with Gasteiger partial charge in [0, 0.05) is 16.6 Å². The van der Waals surface area contributed by atoms with Crippen molar-refractivity contribution in [1.82, 2.24) is 14.8 Å². The Kier molecular flexibility index (Phi) is 5.98. The zero-order valence-electron chi connectivity index (χ0n) is 18.1. The lowest BCUT2D eigenvalue weighted by atomic mass is 9.87. The van der Waals surface area contributed by atoms with E-state index in [-0.39, 0.29) is 16.4 Å². The van der Waals surface area contributed by atoms with E-state index in [1.807, 2.05) is 58.2 Å². The molecule has 0 fully saturated rings. The molecule has 0 unspecified atom stereocenters. The smallest absolute Gasteiger partial charge is 0.262 e. The molecule has 0 bridgehead atoms. The third-order valence-electron chi connectivity index (χ3n) is 4.83. The van der Waals surface area contributed by atoms with E-state index in [1.54, 1.807) is 30.3 Å². The highest BCUT2D eigenvalue weighted by Gasteiger charge is 2.27. The number of aryl methyl sites for hydroxylation is 1. The first-order valence-corrected chi connectivity index (χ1v) is 11.6. The lowest BCUT2D eigenvalue weighted by molar-refractivity contribution is 0.563. The Labute approximate surface area is 183 Å². The van der Waals surface area contributed by atoms with E-state index in [0.29, 0.717) is 22.1 Å². The number of halogens is 1. The van der Waals surface area contributed by atoms with Gasteiger partial charge >= 0.3 is 0 Å². The van der Waals surface area contributed by atoms with Crippen LogP contribution in [-0.2, 0) is 15.4 Å². The molecule has 3 rings (SSSR count). The summed E-state index contributed by atoms with van der Waals surface area (Å²) in [6, 6.07) is 12.2. The Morgan fingerprint density at radius 3 is 2.37 bits per heavy atom. The molecule has 1 aromatic heterocycles. The highest BCUT2D eigenvalue weighted by Crippen LogP contribution is 2.35. The quantitative estimate of drug-likeness (QED) is 0.554. The van der Waals surface area contributed by atoms with Crippen LogP contribution in [0.5, 0.6) is 0 Å². The molecule has 0 atom stereocenters. The van der Waals surface area contributed by atoms with Crippen molar-refractivity contribution in [2.24, 2.45) is 0 Å². The van der Waals surface area contributed by atoms with Gasteiger partial charge < -0.3 is 4.57 Å². The number of hydrogen-bond acceptors (Lipinski definition) is 4. The van der Waals surface area contributed by atoms with Gasteiger partial charge in [-0.25, -0.2) is 8.42 Å². The zero-order valence-corrected chi connectivity index (χ0v) is 19.6. The largest absolute Gasteiger partial charge is 0.309 e. The third kappa shape index (κ3) is 4.37. The summed E-state index contributed by atoms with van der Waals surface area (Å²) in [5.74, 6) is 1.34. The van der Waals surface area contributed by atoms with Crippen molar-refractivity contribution in [3.8, 4) is 11.4 Å². The van der Waals surface area contributed by atoms with Crippen molar-refractivity contribution in [2.75, 3.05) is 4.72 Å². The second-order valence-corrected chi connectivity index (χ2v) is 10.7. The molecule has 0 aliphatic carbocycles. The van der Waals surface area contributed by atoms with Gasteiger partial charge in [0.25, 0.3) is 10.0 Å². The average Bonchev–Trinajstić information content (AvgIpc) is 3.02. The Hall–Kier alpha value is -2.38. The standard InChI is InChI=1S/C22H27ClN4O2S/c1-14(2)27-15(3)24-25-21(27)17-12-11-16(23)13-19(17)26-30(28,29)20-10-8-7-9-18(20)22(4,5)6/h7-14,26H,1-6H3. The fraction of sp³-hybridized carbons (Fsp3) is 0.364. The van der Waals surface area contributed by atoms with Crippen molar-refractivity contribution in [2.45, 2.75) is 57.9 Å². The van der Waals surface area contributed by atoms with Crippen molar-refractivity contribution < 1.29 is 8.42 Å². The summed E-state index contributed by atoms with van der Waals surface area (Å²) in [5, 5.41) is 8.90. The van der Waals surface area contributed by atoms with Crippen LogP contribution < -0.4 is 4.72 Å². The van der Waals surface area contributed by atoms with Gasteiger partial charge in [-0.3, -0.25) is 4.72 Å². The molecule has 0 radical (unpaired) electrons. The van der Waals surface area contributed by atoms with Crippen molar-refractivity contribution in [1.29, 1.82) is 0 Å². The molecule has 6 nitrogen and oxygen atoms in total. The molecule has 30 heavy (non-hydrogen) atoms. The van der Waals surface area contributed by atoms with Gasteiger partial charge in [-0.2, -0.15) is 0 Å². The molecular formula is C22H27ClN4O2S. The number of benzene rings is 2. The fourth-order valence-electron chi connectivity index (χ4n) is 3.49. The van der Waals surface area contributed by atoms with Gasteiger partial charge in [-0.1, -0.05) is 50.6 Å². The van der Waals surface area contributed by atoms with Gasteiger partial charge in [0.15, 0.2) is 5.82 Å². The van der Waals surface area contributed by atoms with Crippen LogP contribution in [0.3, 0.4) is 0 Å². The van der Waals surface area contributed by atoms with E-state index in [2.05, 4.69) is 14.9 Å². The molecule has 1 N–H and O–H groups in total. The Balaban J connectivity index is 2.15. The van der Waals surface area contributed by atoms with Crippen molar-refractivity contribution in [3.63, 3.8) is 0 Å². The molecule has 2 aromatic carbocycles. The molecule has 160 valence electrons. The summed E-state index contributed by atoms with van der Waals surface area (Å²) in [4.78, 5) is 0.241. The SMILES string of the molecule is Cc1nnc(-c2ccc(Cl)cc2NS(=O)(=O)c2ccccc2C(C)(C)C)n1C(C)C. The molecule has 1 heterocycles. The molecule has 0 amide bonds. The van der Waals surface area contributed by atoms with Crippen LogP contribution >= 0.6 is 11.6 Å². The normalized spacial score (nSPS) is 12.4. The average molecular weight is 447 g/mol. The monoisotopic (exact) mass is 446 g/mol. The minimum absolute atomic E-state index is 0.108. The summed E-state index contributed by atoms with van der Waals surface area (Å²) >= 11 is 6.21.